The number of fused-ring (bicyclic) bond motifs is 1. The summed E-state index contributed by atoms with van der Waals surface area (Å²) in [5, 5.41) is 11.9. The van der Waals surface area contributed by atoms with Gasteiger partial charge in [0.1, 0.15) is 11.2 Å². The Morgan fingerprint density at radius 2 is 2.25 bits per heavy atom. The summed E-state index contributed by atoms with van der Waals surface area (Å²) in [6.45, 7) is 0. The van der Waals surface area contributed by atoms with E-state index in [1.807, 2.05) is 24.3 Å². The minimum atomic E-state index is 0.721. The molecule has 1 aromatic carbocycles. The van der Waals surface area contributed by atoms with E-state index < -0.39 is 0 Å². The summed E-state index contributed by atoms with van der Waals surface area (Å²) in [5.74, 6) is 0. The first kappa shape index (κ1) is 7.24. The van der Waals surface area contributed by atoms with Gasteiger partial charge in [-0.15, -0.1) is 11.3 Å². The molecule has 2 rings (SSSR count). The predicted octanol–water partition coefficient (Wildman–Crippen LogP) is 2.10. The van der Waals surface area contributed by atoms with Crippen LogP contribution in [0.5, 0.6) is 0 Å². The Morgan fingerprint density at radius 3 is 3.00 bits per heavy atom. The topological polar surface area (TPSA) is 45.5 Å². The molecule has 0 unspecified atom stereocenters. The summed E-state index contributed by atoms with van der Waals surface area (Å²) in [5.41, 5.74) is 0.942. The lowest BCUT2D eigenvalue weighted by molar-refractivity contribution is 0.322. The van der Waals surface area contributed by atoms with Gasteiger partial charge in [-0.25, -0.2) is 4.98 Å². The summed E-state index contributed by atoms with van der Waals surface area (Å²) in [6, 6.07) is 7.81. The van der Waals surface area contributed by atoms with Gasteiger partial charge in [-0.05, 0) is 12.1 Å². The number of aromatic nitrogens is 1. The van der Waals surface area contributed by atoms with Gasteiger partial charge in [0.2, 0.25) is 0 Å². The van der Waals surface area contributed by atoms with Gasteiger partial charge in [-0.1, -0.05) is 17.3 Å². The summed E-state index contributed by atoms with van der Waals surface area (Å²) in [4.78, 5) is 4.21. The monoisotopic (exact) mass is 178 g/mol. The average molecular weight is 178 g/mol. The van der Waals surface area contributed by atoms with Crippen LogP contribution in [0.25, 0.3) is 10.2 Å². The van der Waals surface area contributed by atoms with Crippen molar-refractivity contribution in [3.05, 3.63) is 29.3 Å². The Balaban J connectivity index is 2.62. The highest BCUT2D eigenvalue weighted by molar-refractivity contribution is 7.20. The number of oxime groups is 1. The van der Waals surface area contributed by atoms with Crippen molar-refractivity contribution in [1.82, 2.24) is 4.98 Å². The van der Waals surface area contributed by atoms with E-state index in [2.05, 4.69) is 10.1 Å². The van der Waals surface area contributed by atoms with Gasteiger partial charge >= 0.3 is 0 Å². The number of nitrogens with zero attached hydrogens (tertiary/aromatic N) is 2. The lowest BCUT2D eigenvalue weighted by Crippen LogP contribution is -1.75. The second kappa shape index (κ2) is 2.91. The molecule has 0 radical (unpaired) electrons. The lowest BCUT2D eigenvalue weighted by atomic mass is 10.3. The maximum absolute atomic E-state index is 8.28. The van der Waals surface area contributed by atoms with E-state index in [1.54, 1.807) is 0 Å². The fraction of sp³-hybridized carbons (Fsp3) is 0. The molecule has 1 aromatic heterocycles. The quantitative estimate of drug-likeness (QED) is 0.413. The van der Waals surface area contributed by atoms with Crippen LogP contribution in [0.15, 0.2) is 29.4 Å². The van der Waals surface area contributed by atoms with Crippen LogP contribution in [0.2, 0.25) is 0 Å². The van der Waals surface area contributed by atoms with E-state index in [0.29, 0.717) is 0 Å². The highest BCUT2D eigenvalue weighted by Gasteiger charge is 1.98. The maximum atomic E-state index is 8.28. The molecule has 0 aliphatic carbocycles. The highest BCUT2D eigenvalue weighted by atomic mass is 32.1. The third-order valence-electron chi connectivity index (χ3n) is 1.48. The van der Waals surface area contributed by atoms with Crippen LogP contribution in [0.3, 0.4) is 0 Å². The molecular formula is C8H6N2OS. The zero-order chi connectivity index (χ0) is 8.39. The van der Waals surface area contributed by atoms with Crippen molar-refractivity contribution in [2.24, 2.45) is 5.16 Å². The van der Waals surface area contributed by atoms with E-state index in [0.717, 1.165) is 15.2 Å². The van der Waals surface area contributed by atoms with Crippen LogP contribution in [-0.4, -0.2) is 16.4 Å². The van der Waals surface area contributed by atoms with Crippen molar-refractivity contribution in [1.29, 1.82) is 0 Å². The molecule has 4 heteroatoms. The highest BCUT2D eigenvalue weighted by Crippen LogP contribution is 2.19. The van der Waals surface area contributed by atoms with Crippen molar-refractivity contribution in [3.63, 3.8) is 0 Å². The minimum absolute atomic E-state index is 0.721. The van der Waals surface area contributed by atoms with E-state index in [-0.39, 0.29) is 0 Å². The summed E-state index contributed by atoms with van der Waals surface area (Å²) < 4.78 is 1.10. The largest absolute Gasteiger partial charge is 0.411 e. The molecule has 0 saturated carbocycles. The fourth-order valence-corrected chi connectivity index (χ4v) is 1.83. The molecule has 0 amide bonds. The molecule has 0 saturated heterocycles. The van der Waals surface area contributed by atoms with Crippen LogP contribution in [0, 0.1) is 0 Å². The van der Waals surface area contributed by atoms with E-state index in [4.69, 9.17) is 5.21 Å². The van der Waals surface area contributed by atoms with E-state index in [1.165, 1.54) is 17.6 Å². The molecule has 0 aliphatic rings. The molecule has 2 aromatic rings. The Bertz CT molecular complexity index is 389. The number of hydrogen-bond acceptors (Lipinski definition) is 4. The van der Waals surface area contributed by atoms with Crippen LogP contribution < -0.4 is 0 Å². The number of para-hydroxylation sites is 1. The van der Waals surface area contributed by atoms with Crippen LogP contribution in [0.4, 0.5) is 0 Å². The Kier molecular flexibility index (Phi) is 1.75. The van der Waals surface area contributed by atoms with E-state index in [9.17, 15) is 0 Å². The first-order valence-electron chi connectivity index (χ1n) is 3.43. The maximum Gasteiger partial charge on any atom is 0.139 e. The predicted molar refractivity (Wildman–Crippen MR) is 49.0 cm³/mol. The number of hydrogen-bond donors (Lipinski definition) is 1. The molecule has 0 aliphatic heterocycles. The van der Waals surface area contributed by atoms with Crippen LogP contribution in [0.1, 0.15) is 5.01 Å². The smallest absolute Gasteiger partial charge is 0.139 e. The molecule has 0 atom stereocenters. The third kappa shape index (κ3) is 1.16. The first-order chi connectivity index (χ1) is 5.90. The van der Waals surface area contributed by atoms with E-state index >= 15 is 0 Å². The summed E-state index contributed by atoms with van der Waals surface area (Å²) >= 11 is 1.50. The van der Waals surface area contributed by atoms with Crippen molar-refractivity contribution in [3.8, 4) is 0 Å². The molecule has 60 valence electrons. The number of rotatable bonds is 1. The number of benzene rings is 1. The second-order valence-electron chi connectivity index (χ2n) is 2.26. The van der Waals surface area contributed by atoms with Crippen molar-refractivity contribution in [2.75, 3.05) is 0 Å². The van der Waals surface area contributed by atoms with Crippen molar-refractivity contribution >= 4 is 27.8 Å². The number of thiazole rings is 1. The fourth-order valence-electron chi connectivity index (χ4n) is 0.995. The van der Waals surface area contributed by atoms with Gasteiger partial charge in [0.15, 0.2) is 0 Å². The standard InChI is InChI=1S/C8H6N2OS/c11-9-5-8-10-6-3-1-2-4-7(6)12-8/h1-5,11H. The lowest BCUT2D eigenvalue weighted by Gasteiger charge is -1.80. The zero-order valence-corrected chi connectivity index (χ0v) is 6.95. The molecule has 0 spiro atoms. The summed E-state index contributed by atoms with van der Waals surface area (Å²) in [6.07, 6.45) is 1.34. The second-order valence-corrected chi connectivity index (χ2v) is 3.33. The van der Waals surface area contributed by atoms with Gasteiger partial charge in [0.05, 0.1) is 10.2 Å². The van der Waals surface area contributed by atoms with Crippen molar-refractivity contribution < 1.29 is 5.21 Å². The molecule has 1 heterocycles. The van der Waals surface area contributed by atoms with Gasteiger partial charge < -0.3 is 5.21 Å². The molecule has 0 bridgehead atoms. The zero-order valence-electron chi connectivity index (χ0n) is 6.14. The normalized spacial score (nSPS) is 11.3. The Labute approximate surface area is 73.0 Å². The molecule has 1 N–H and O–H groups in total. The van der Waals surface area contributed by atoms with Crippen molar-refractivity contribution in [2.45, 2.75) is 0 Å². The minimum Gasteiger partial charge on any atom is -0.411 e. The first-order valence-corrected chi connectivity index (χ1v) is 4.25. The van der Waals surface area contributed by atoms with Gasteiger partial charge in [-0.3, -0.25) is 0 Å². The van der Waals surface area contributed by atoms with Gasteiger partial charge in [-0.2, -0.15) is 0 Å². The van der Waals surface area contributed by atoms with Crippen LogP contribution >= 0.6 is 11.3 Å². The Morgan fingerprint density at radius 1 is 1.42 bits per heavy atom. The SMILES string of the molecule is ON=Cc1nc2ccccc2s1. The van der Waals surface area contributed by atoms with Gasteiger partial charge in [0.25, 0.3) is 0 Å². The summed E-state index contributed by atoms with van der Waals surface area (Å²) in [7, 11) is 0. The molecular weight excluding hydrogens is 172 g/mol. The average Bonchev–Trinajstić information content (AvgIpc) is 2.47. The molecule has 3 nitrogen and oxygen atoms in total. The molecule has 0 fully saturated rings. The third-order valence-corrected chi connectivity index (χ3v) is 2.45. The Hall–Kier alpha value is -1.42. The van der Waals surface area contributed by atoms with Crippen LogP contribution in [-0.2, 0) is 0 Å². The molecule has 12 heavy (non-hydrogen) atoms. The van der Waals surface area contributed by atoms with Gasteiger partial charge in [0, 0.05) is 0 Å².